The van der Waals surface area contributed by atoms with Gasteiger partial charge in [-0.2, -0.15) is 0 Å². The number of aromatic nitrogens is 1. The van der Waals surface area contributed by atoms with Crippen molar-refractivity contribution in [1.82, 2.24) is 4.57 Å². The first kappa shape index (κ1) is 32.1. The fourth-order valence-corrected chi connectivity index (χ4v) is 10.0. The molecule has 3 aromatic heterocycles. The van der Waals surface area contributed by atoms with Gasteiger partial charge in [0.2, 0.25) is 0 Å². The molecule has 0 aliphatic carbocycles. The minimum atomic E-state index is -0.352. The third-order valence-electron chi connectivity index (χ3n) is 12.7. The molecule has 2 aliphatic heterocycles. The summed E-state index contributed by atoms with van der Waals surface area (Å²) in [7, 11) is 0. The highest BCUT2D eigenvalue weighted by Crippen LogP contribution is 2.45. The summed E-state index contributed by atoms with van der Waals surface area (Å²) in [5, 5.41) is 6.68. The van der Waals surface area contributed by atoms with Crippen LogP contribution < -0.4 is 20.3 Å². The van der Waals surface area contributed by atoms with Crippen molar-refractivity contribution < 1.29 is 18.2 Å². The van der Waals surface area contributed by atoms with Crippen molar-refractivity contribution in [2.75, 3.05) is 0 Å². The molecule has 14 rings (SSSR count). The van der Waals surface area contributed by atoms with Gasteiger partial charge in [-0.1, -0.05) is 109 Å². The van der Waals surface area contributed by atoms with Gasteiger partial charge in [-0.25, -0.2) is 0 Å². The Kier molecular flexibility index (Phi) is 6.31. The molecule has 0 N–H and O–H groups in total. The molecule has 5 heterocycles. The number of hydrogen-bond acceptors (Lipinski definition) is 4. The lowest BCUT2D eigenvalue weighted by molar-refractivity contribution is 0.479. The van der Waals surface area contributed by atoms with Gasteiger partial charge in [-0.05, 0) is 101 Å². The SMILES string of the molecule is c1cc(-c2ccc3c(c2)B2Oc4ccccc4-c4cc(-c5cccc6oc7cc8c(cc7c56)oc5ccccc58)cc(c42)O3)cc(-n2c3ccccc3c3ccccc32)c1. The molecule has 0 bridgehead atoms. The van der Waals surface area contributed by atoms with E-state index in [4.69, 9.17) is 18.2 Å². The molecule has 0 fully saturated rings. The van der Waals surface area contributed by atoms with Crippen molar-refractivity contribution in [2.24, 2.45) is 0 Å². The third-order valence-corrected chi connectivity index (χ3v) is 12.7. The summed E-state index contributed by atoms with van der Waals surface area (Å²) in [6.07, 6.45) is 0. The molecule has 0 amide bonds. The zero-order chi connectivity index (χ0) is 39.1. The molecular formula is C54H30BNO4. The number of benzene rings is 9. The highest BCUT2D eigenvalue weighted by molar-refractivity contribution is 6.84. The molecule has 6 heteroatoms. The van der Waals surface area contributed by atoms with Crippen LogP contribution in [0, 0.1) is 0 Å². The largest absolute Gasteiger partial charge is 0.551 e. The van der Waals surface area contributed by atoms with Crippen molar-refractivity contribution >= 4 is 83.5 Å². The number of furan rings is 2. The Morgan fingerprint density at radius 2 is 1.07 bits per heavy atom. The Morgan fingerprint density at radius 3 is 1.95 bits per heavy atom. The van der Waals surface area contributed by atoms with Gasteiger partial charge >= 0.3 is 6.92 Å². The second-order valence-electron chi connectivity index (χ2n) is 15.9. The second-order valence-corrected chi connectivity index (χ2v) is 15.9. The van der Waals surface area contributed by atoms with Gasteiger partial charge in [0.25, 0.3) is 0 Å². The normalized spacial score (nSPS) is 12.9. The molecule has 9 aromatic carbocycles. The average molecular weight is 768 g/mol. The van der Waals surface area contributed by atoms with Crippen LogP contribution >= 0.6 is 0 Å². The predicted molar refractivity (Wildman–Crippen MR) is 244 cm³/mol. The summed E-state index contributed by atoms with van der Waals surface area (Å²) in [4.78, 5) is 0. The minimum absolute atomic E-state index is 0.352. The summed E-state index contributed by atoms with van der Waals surface area (Å²) in [5.41, 5.74) is 15.4. The quantitative estimate of drug-likeness (QED) is 0.168. The van der Waals surface area contributed by atoms with Crippen molar-refractivity contribution in [2.45, 2.75) is 0 Å². The summed E-state index contributed by atoms with van der Waals surface area (Å²) in [5.74, 6) is 2.43. The molecule has 12 aromatic rings. The second kappa shape index (κ2) is 11.8. The molecule has 0 atom stereocenters. The van der Waals surface area contributed by atoms with Gasteiger partial charge in [0.1, 0.15) is 39.6 Å². The fraction of sp³-hybridized carbons (Fsp3) is 0. The first-order chi connectivity index (χ1) is 29.7. The van der Waals surface area contributed by atoms with E-state index in [1.807, 2.05) is 30.3 Å². The molecule has 60 heavy (non-hydrogen) atoms. The molecule has 278 valence electrons. The molecule has 0 spiro atoms. The van der Waals surface area contributed by atoms with E-state index in [0.717, 1.165) is 111 Å². The van der Waals surface area contributed by atoms with Gasteiger partial charge in [-0.15, -0.1) is 0 Å². The maximum atomic E-state index is 6.95. The van der Waals surface area contributed by atoms with E-state index >= 15 is 0 Å². The Bertz CT molecular complexity index is 3760. The van der Waals surface area contributed by atoms with Crippen LogP contribution in [-0.4, -0.2) is 11.5 Å². The molecule has 2 aliphatic rings. The highest BCUT2D eigenvalue weighted by Gasteiger charge is 2.41. The standard InChI is InChI=1S/C54H30BNO4/c1-5-18-44-36(13-1)37-14-2-6-19-45(37)56(44)34-12-9-11-31(25-34)32-23-24-48-43(27-32)55-54-41(39-16-4-8-21-47(39)60-55)26-33(28-52(54)58-48)35-17-10-22-49-53(35)42-30-50-40(29-51(42)59-49)38-15-3-7-20-46(38)57-50/h1-30H. The summed E-state index contributed by atoms with van der Waals surface area (Å²) in [6, 6.07) is 64.1. The van der Waals surface area contributed by atoms with Gasteiger partial charge in [0.05, 0.1) is 11.0 Å². The number of hydrogen-bond donors (Lipinski definition) is 0. The summed E-state index contributed by atoms with van der Waals surface area (Å²) in [6.45, 7) is -0.352. The van der Waals surface area contributed by atoms with Gasteiger partial charge in [0.15, 0.2) is 0 Å². The Hall–Kier alpha value is -7.96. The van der Waals surface area contributed by atoms with Crippen molar-refractivity contribution in [3.05, 3.63) is 182 Å². The van der Waals surface area contributed by atoms with E-state index in [1.165, 1.54) is 21.8 Å². The van der Waals surface area contributed by atoms with E-state index < -0.39 is 0 Å². The Labute approximate surface area is 343 Å². The van der Waals surface area contributed by atoms with Crippen LogP contribution in [0.5, 0.6) is 17.2 Å². The summed E-state index contributed by atoms with van der Waals surface area (Å²) < 4.78 is 29.1. The van der Waals surface area contributed by atoms with Crippen LogP contribution in [0.3, 0.4) is 0 Å². The monoisotopic (exact) mass is 767 g/mol. The number of fused-ring (bicyclic) bond motifs is 13. The molecule has 0 unspecified atom stereocenters. The van der Waals surface area contributed by atoms with Crippen LogP contribution in [0.25, 0.3) is 105 Å². The maximum absolute atomic E-state index is 6.95. The van der Waals surface area contributed by atoms with Gasteiger partial charge in [0, 0.05) is 54.5 Å². The summed E-state index contributed by atoms with van der Waals surface area (Å²) >= 11 is 0. The van der Waals surface area contributed by atoms with Crippen LogP contribution in [0.15, 0.2) is 191 Å². The highest BCUT2D eigenvalue weighted by atomic mass is 16.5. The topological polar surface area (TPSA) is 49.7 Å². The number of rotatable bonds is 3. The number of ether oxygens (including phenoxy) is 1. The average Bonchev–Trinajstić information content (AvgIpc) is 3.97. The molecule has 0 saturated heterocycles. The fourth-order valence-electron chi connectivity index (χ4n) is 10.0. The lowest BCUT2D eigenvalue weighted by Gasteiger charge is -2.33. The van der Waals surface area contributed by atoms with Crippen molar-refractivity contribution in [3.8, 4) is 56.3 Å². The zero-order valence-corrected chi connectivity index (χ0v) is 32.0. The zero-order valence-electron chi connectivity index (χ0n) is 32.0. The van der Waals surface area contributed by atoms with E-state index in [9.17, 15) is 0 Å². The van der Waals surface area contributed by atoms with Crippen LogP contribution in [-0.2, 0) is 0 Å². The molecule has 0 radical (unpaired) electrons. The van der Waals surface area contributed by atoms with Crippen LogP contribution in [0.1, 0.15) is 0 Å². The molecule has 0 saturated carbocycles. The smallest absolute Gasteiger partial charge is 0.434 e. The van der Waals surface area contributed by atoms with Crippen molar-refractivity contribution in [3.63, 3.8) is 0 Å². The molecular weight excluding hydrogens is 737 g/mol. The first-order valence-corrected chi connectivity index (χ1v) is 20.3. The van der Waals surface area contributed by atoms with E-state index in [0.29, 0.717) is 0 Å². The first-order valence-electron chi connectivity index (χ1n) is 20.3. The van der Waals surface area contributed by atoms with E-state index in [2.05, 4.69) is 156 Å². The Morgan fingerprint density at radius 1 is 0.383 bits per heavy atom. The van der Waals surface area contributed by atoms with E-state index in [1.54, 1.807) is 0 Å². The van der Waals surface area contributed by atoms with Crippen LogP contribution in [0.2, 0.25) is 0 Å². The van der Waals surface area contributed by atoms with E-state index in [-0.39, 0.29) is 6.92 Å². The molecule has 5 nitrogen and oxygen atoms in total. The number of para-hydroxylation sites is 4. The minimum Gasteiger partial charge on any atom is -0.551 e. The van der Waals surface area contributed by atoms with Crippen LogP contribution in [0.4, 0.5) is 0 Å². The Balaban J connectivity index is 0.916. The lowest BCUT2D eigenvalue weighted by atomic mass is 9.50. The predicted octanol–water partition coefficient (Wildman–Crippen LogP) is 13.2. The van der Waals surface area contributed by atoms with Gasteiger partial charge in [-0.3, -0.25) is 0 Å². The third kappa shape index (κ3) is 4.42. The van der Waals surface area contributed by atoms with Gasteiger partial charge < -0.3 is 22.8 Å². The maximum Gasteiger partial charge on any atom is 0.434 e. The lowest BCUT2D eigenvalue weighted by Crippen LogP contribution is -2.53. The van der Waals surface area contributed by atoms with Crippen molar-refractivity contribution in [1.29, 1.82) is 0 Å². The number of nitrogens with zero attached hydrogens (tertiary/aromatic N) is 1.